The largest absolute Gasteiger partial charge is 0.374 e. The predicted octanol–water partition coefficient (Wildman–Crippen LogP) is 3.95. The zero-order valence-corrected chi connectivity index (χ0v) is 19.7. The molecule has 8 nitrogen and oxygen atoms in total. The van der Waals surface area contributed by atoms with E-state index < -0.39 is 10.0 Å². The number of aryl methyl sites for hydroxylation is 1. The summed E-state index contributed by atoms with van der Waals surface area (Å²) in [6.07, 6.45) is 5.76. The molecule has 0 fully saturated rings. The molecule has 0 atom stereocenters. The van der Waals surface area contributed by atoms with Crippen molar-refractivity contribution in [3.8, 4) is 11.1 Å². The van der Waals surface area contributed by atoms with Gasteiger partial charge < -0.3 is 9.47 Å². The van der Waals surface area contributed by atoms with Crippen molar-refractivity contribution < 1.29 is 12.8 Å². The molecule has 3 aromatic heterocycles. The average molecular weight is 469 g/mol. The Morgan fingerprint density at radius 2 is 1.94 bits per heavy atom. The molecule has 4 aromatic rings. The van der Waals surface area contributed by atoms with Gasteiger partial charge in [0.15, 0.2) is 5.03 Å². The maximum Gasteiger partial charge on any atom is 0.281 e. The van der Waals surface area contributed by atoms with Crippen LogP contribution >= 0.6 is 0 Å². The standard InChI is InChI=1S/C23H25FN6O2S/c1-14(2)30-13-17(16-12-20-15(11-18(16)24)6-9-28(20)3)22-19(5-8-25-23(22)30)27-33(31,32)21-7-10-29(4)26-21/h5,7-8,10-14H,6,9H2,1-4H3,(H,25,27). The number of hydrogen-bond donors (Lipinski definition) is 1. The SMILES string of the molecule is CC(C)n1cc(-c2cc3c(cc2F)CCN3C)c2c(NS(=O)(=O)c3ccn(C)n3)ccnc21. The van der Waals surface area contributed by atoms with Gasteiger partial charge in [0.05, 0.1) is 11.1 Å². The lowest BCUT2D eigenvalue weighted by molar-refractivity contribution is 0.593. The van der Waals surface area contributed by atoms with Crippen LogP contribution in [0.3, 0.4) is 0 Å². The molecule has 0 spiro atoms. The van der Waals surface area contributed by atoms with E-state index in [0.29, 0.717) is 27.8 Å². The highest BCUT2D eigenvalue weighted by atomic mass is 32.2. The van der Waals surface area contributed by atoms with Gasteiger partial charge in [-0.25, -0.2) is 9.37 Å². The van der Waals surface area contributed by atoms with Gasteiger partial charge in [0, 0.05) is 62.1 Å². The molecule has 0 saturated heterocycles. The number of anilines is 2. The first-order chi connectivity index (χ1) is 15.7. The lowest BCUT2D eigenvalue weighted by Gasteiger charge is -2.14. The first kappa shape index (κ1) is 21.4. The normalized spacial score (nSPS) is 13.8. The molecular weight excluding hydrogens is 443 g/mol. The van der Waals surface area contributed by atoms with Crippen LogP contribution in [-0.2, 0) is 23.5 Å². The van der Waals surface area contributed by atoms with Gasteiger partial charge in [0.1, 0.15) is 11.5 Å². The van der Waals surface area contributed by atoms with E-state index in [2.05, 4.69) is 19.7 Å². The van der Waals surface area contributed by atoms with Gasteiger partial charge in [0.2, 0.25) is 0 Å². The summed E-state index contributed by atoms with van der Waals surface area (Å²) in [7, 11) is -0.307. The molecule has 1 aromatic carbocycles. The Morgan fingerprint density at radius 1 is 1.15 bits per heavy atom. The number of nitrogens with one attached hydrogen (secondary N) is 1. The van der Waals surface area contributed by atoms with Gasteiger partial charge in [-0.05, 0) is 50.1 Å². The van der Waals surface area contributed by atoms with Crippen molar-refractivity contribution in [1.29, 1.82) is 0 Å². The number of likely N-dealkylation sites (N-methyl/N-ethyl adjacent to an activating group) is 1. The van der Waals surface area contributed by atoms with Crippen molar-refractivity contribution in [1.82, 2.24) is 19.3 Å². The number of fused-ring (bicyclic) bond motifs is 2. The number of rotatable bonds is 5. The van der Waals surface area contributed by atoms with Crippen molar-refractivity contribution in [2.45, 2.75) is 31.3 Å². The van der Waals surface area contributed by atoms with Crippen LogP contribution < -0.4 is 9.62 Å². The molecule has 0 aliphatic carbocycles. The van der Waals surface area contributed by atoms with E-state index in [4.69, 9.17) is 0 Å². The lowest BCUT2D eigenvalue weighted by Crippen LogP contribution is -2.14. The minimum Gasteiger partial charge on any atom is -0.374 e. The Labute approximate surface area is 191 Å². The molecule has 0 radical (unpaired) electrons. The van der Waals surface area contributed by atoms with Crippen molar-refractivity contribution in [2.75, 3.05) is 23.2 Å². The van der Waals surface area contributed by atoms with Crippen LogP contribution in [0.1, 0.15) is 25.5 Å². The van der Waals surface area contributed by atoms with Crippen molar-refractivity contribution in [3.05, 3.63) is 54.2 Å². The van der Waals surface area contributed by atoms with Gasteiger partial charge >= 0.3 is 0 Å². The van der Waals surface area contributed by atoms with Gasteiger partial charge in [-0.15, -0.1) is 0 Å². The second-order valence-corrected chi connectivity index (χ2v) is 10.3. The Bertz CT molecular complexity index is 1490. The zero-order chi connectivity index (χ0) is 23.5. The van der Waals surface area contributed by atoms with E-state index in [0.717, 1.165) is 24.2 Å². The molecule has 1 aliphatic heterocycles. The first-order valence-corrected chi connectivity index (χ1v) is 12.2. The molecule has 172 valence electrons. The van der Waals surface area contributed by atoms with E-state index >= 15 is 4.39 Å². The molecule has 5 rings (SSSR count). The highest BCUT2D eigenvalue weighted by molar-refractivity contribution is 7.92. The fraction of sp³-hybridized carbons (Fsp3) is 0.304. The maximum absolute atomic E-state index is 15.3. The maximum atomic E-state index is 15.3. The summed E-state index contributed by atoms with van der Waals surface area (Å²) < 4.78 is 47.4. The Kier molecular flexibility index (Phi) is 4.93. The second kappa shape index (κ2) is 7.58. The predicted molar refractivity (Wildman–Crippen MR) is 127 cm³/mol. The highest BCUT2D eigenvalue weighted by Gasteiger charge is 2.25. The summed E-state index contributed by atoms with van der Waals surface area (Å²) in [5, 5.41) is 4.47. The summed E-state index contributed by atoms with van der Waals surface area (Å²) >= 11 is 0. The van der Waals surface area contributed by atoms with Gasteiger partial charge in [0.25, 0.3) is 10.0 Å². The summed E-state index contributed by atoms with van der Waals surface area (Å²) in [5.41, 5.74) is 3.86. The molecule has 1 aliphatic rings. The summed E-state index contributed by atoms with van der Waals surface area (Å²) in [6, 6.07) is 6.49. The van der Waals surface area contributed by atoms with Crippen molar-refractivity contribution in [2.24, 2.45) is 7.05 Å². The molecule has 0 saturated carbocycles. The molecule has 10 heteroatoms. The van der Waals surface area contributed by atoms with E-state index in [1.807, 2.05) is 37.7 Å². The van der Waals surface area contributed by atoms with Crippen molar-refractivity contribution in [3.63, 3.8) is 0 Å². The quantitative estimate of drug-likeness (QED) is 0.479. The van der Waals surface area contributed by atoms with E-state index in [-0.39, 0.29) is 16.9 Å². The van der Waals surface area contributed by atoms with Crippen LogP contribution in [0.4, 0.5) is 15.8 Å². The fourth-order valence-corrected chi connectivity index (χ4v) is 5.41. The summed E-state index contributed by atoms with van der Waals surface area (Å²) in [6.45, 7) is 4.84. The lowest BCUT2D eigenvalue weighted by atomic mass is 10.0. The minimum atomic E-state index is -3.94. The van der Waals surface area contributed by atoms with E-state index in [1.165, 1.54) is 10.7 Å². The van der Waals surface area contributed by atoms with Crippen LogP contribution in [0.2, 0.25) is 0 Å². The van der Waals surface area contributed by atoms with Gasteiger partial charge in [-0.2, -0.15) is 13.5 Å². The van der Waals surface area contributed by atoms with Crippen LogP contribution in [0, 0.1) is 5.82 Å². The third-order valence-corrected chi connectivity index (χ3v) is 7.32. The third kappa shape index (κ3) is 3.54. The third-order valence-electron chi connectivity index (χ3n) is 6.06. The number of hydrogen-bond acceptors (Lipinski definition) is 5. The second-order valence-electron chi connectivity index (χ2n) is 8.67. The summed E-state index contributed by atoms with van der Waals surface area (Å²) in [5.74, 6) is -0.339. The number of halogens is 1. The van der Waals surface area contributed by atoms with Crippen molar-refractivity contribution >= 4 is 32.4 Å². The number of nitrogens with zero attached hydrogens (tertiary/aromatic N) is 5. The molecule has 1 N–H and O–H groups in total. The number of benzene rings is 1. The van der Waals surface area contributed by atoms with Crippen LogP contribution in [0.5, 0.6) is 0 Å². The average Bonchev–Trinajstić information content (AvgIpc) is 3.45. The molecule has 0 amide bonds. The van der Waals surface area contributed by atoms with Crippen LogP contribution in [0.25, 0.3) is 22.2 Å². The molecule has 4 heterocycles. The van der Waals surface area contributed by atoms with Gasteiger partial charge in [-0.3, -0.25) is 9.40 Å². The number of aromatic nitrogens is 4. The van der Waals surface area contributed by atoms with Crippen LogP contribution in [-0.4, -0.2) is 41.3 Å². The monoisotopic (exact) mass is 468 g/mol. The van der Waals surface area contributed by atoms with Gasteiger partial charge in [-0.1, -0.05) is 0 Å². The first-order valence-electron chi connectivity index (χ1n) is 10.7. The Hall–Kier alpha value is -3.40. The molecule has 0 bridgehead atoms. The Balaban J connectivity index is 1.73. The molecular formula is C23H25FN6O2S. The molecule has 0 unspecified atom stereocenters. The van der Waals surface area contributed by atoms with Crippen LogP contribution in [0.15, 0.2) is 47.9 Å². The summed E-state index contributed by atoms with van der Waals surface area (Å²) in [4.78, 5) is 6.61. The number of sulfonamides is 1. The molecule has 33 heavy (non-hydrogen) atoms. The van der Waals surface area contributed by atoms with E-state index in [1.54, 1.807) is 31.6 Å². The number of pyridine rings is 1. The zero-order valence-electron chi connectivity index (χ0n) is 18.9. The minimum absolute atomic E-state index is 0.0385. The smallest absolute Gasteiger partial charge is 0.281 e. The Morgan fingerprint density at radius 3 is 2.64 bits per heavy atom. The topological polar surface area (TPSA) is 85.0 Å². The van der Waals surface area contributed by atoms with E-state index in [9.17, 15) is 8.42 Å². The fourth-order valence-electron chi connectivity index (χ4n) is 4.37. The highest BCUT2D eigenvalue weighted by Crippen LogP contribution is 2.41.